The minimum Gasteiger partial charge on any atom is -0.455 e. The molecule has 2 aromatic carbocycles. The van der Waals surface area contributed by atoms with Gasteiger partial charge in [-0.15, -0.1) is 0 Å². The molecule has 0 aliphatic heterocycles. The molecule has 0 saturated heterocycles. The molecule has 0 fully saturated rings. The summed E-state index contributed by atoms with van der Waals surface area (Å²) >= 11 is 0. The number of hydrogen-bond acceptors (Lipinski definition) is 3. The highest BCUT2D eigenvalue weighted by atomic mass is 16.5. The second-order valence-electron chi connectivity index (χ2n) is 3.56. The maximum atomic E-state index is 5.71. The molecule has 2 aromatic rings. The fraction of sp³-hybridized carbons (Fsp3) is 0.0769. The Kier molecular flexibility index (Phi) is 3.08. The molecule has 3 nitrogen and oxygen atoms in total. The smallest absolute Gasteiger partial charge is 0.151 e. The van der Waals surface area contributed by atoms with Crippen LogP contribution in [-0.2, 0) is 0 Å². The van der Waals surface area contributed by atoms with Crippen LogP contribution in [0, 0.1) is 6.92 Å². The molecule has 0 bridgehead atoms. The van der Waals surface area contributed by atoms with Crippen LogP contribution >= 0.6 is 0 Å². The van der Waals surface area contributed by atoms with Crippen LogP contribution in [0.2, 0.25) is 0 Å². The fourth-order valence-electron chi connectivity index (χ4n) is 1.41. The number of hydrazine groups is 1. The van der Waals surface area contributed by atoms with Crippen molar-refractivity contribution in [3.63, 3.8) is 0 Å². The lowest BCUT2D eigenvalue weighted by molar-refractivity contribution is 0.484. The SMILES string of the molecule is Cc1ccc(Oc2ccccc2NN)cc1. The zero-order valence-corrected chi connectivity index (χ0v) is 9.10. The van der Waals surface area contributed by atoms with Gasteiger partial charge in [0, 0.05) is 0 Å². The second-order valence-corrected chi connectivity index (χ2v) is 3.56. The van der Waals surface area contributed by atoms with Crippen molar-refractivity contribution in [1.82, 2.24) is 0 Å². The molecule has 2 rings (SSSR count). The van der Waals surface area contributed by atoms with Gasteiger partial charge in [0.2, 0.25) is 0 Å². The molecule has 16 heavy (non-hydrogen) atoms. The van der Waals surface area contributed by atoms with Gasteiger partial charge in [0.25, 0.3) is 0 Å². The summed E-state index contributed by atoms with van der Waals surface area (Å²) in [5.74, 6) is 6.91. The van der Waals surface area contributed by atoms with Crippen molar-refractivity contribution in [3.05, 3.63) is 54.1 Å². The lowest BCUT2D eigenvalue weighted by Gasteiger charge is -2.10. The number of nitrogen functional groups attached to an aromatic ring is 1. The molecule has 0 atom stereocenters. The van der Waals surface area contributed by atoms with Crippen molar-refractivity contribution in [2.45, 2.75) is 6.92 Å². The van der Waals surface area contributed by atoms with E-state index in [0.29, 0.717) is 5.75 Å². The van der Waals surface area contributed by atoms with Crippen LogP contribution in [0.1, 0.15) is 5.56 Å². The third kappa shape index (κ3) is 2.32. The molecule has 0 radical (unpaired) electrons. The van der Waals surface area contributed by atoms with Gasteiger partial charge in [0.05, 0.1) is 5.69 Å². The third-order valence-electron chi connectivity index (χ3n) is 2.29. The fourth-order valence-corrected chi connectivity index (χ4v) is 1.41. The maximum absolute atomic E-state index is 5.71. The number of benzene rings is 2. The standard InChI is InChI=1S/C13H14N2O/c1-10-6-8-11(9-7-10)16-13-5-3-2-4-12(13)15-14/h2-9,15H,14H2,1H3. The molecule has 0 aliphatic rings. The number of hydrogen-bond donors (Lipinski definition) is 2. The van der Waals surface area contributed by atoms with E-state index in [1.165, 1.54) is 5.56 Å². The normalized spacial score (nSPS) is 9.88. The Labute approximate surface area is 94.8 Å². The van der Waals surface area contributed by atoms with E-state index in [2.05, 4.69) is 5.43 Å². The average molecular weight is 214 g/mol. The summed E-state index contributed by atoms with van der Waals surface area (Å²) in [6.07, 6.45) is 0. The van der Waals surface area contributed by atoms with Crippen LogP contribution < -0.4 is 16.0 Å². The summed E-state index contributed by atoms with van der Waals surface area (Å²) < 4.78 is 5.71. The Balaban J connectivity index is 2.23. The lowest BCUT2D eigenvalue weighted by atomic mass is 10.2. The molecule has 3 N–H and O–H groups in total. The number of aryl methyl sites for hydroxylation is 1. The molecule has 0 aromatic heterocycles. The number of rotatable bonds is 3. The number of nitrogens with one attached hydrogen (secondary N) is 1. The van der Waals surface area contributed by atoms with E-state index in [1.54, 1.807) is 0 Å². The number of anilines is 1. The molecule has 0 saturated carbocycles. The zero-order chi connectivity index (χ0) is 11.4. The van der Waals surface area contributed by atoms with Gasteiger partial charge in [-0.3, -0.25) is 5.84 Å². The molecule has 82 valence electrons. The van der Waals surface area contributed by atoms with Crippen LogP contribution in [-0.4, -0.2) is 0 Å². The first-order chi connectivity index (χ1) is 7.79. The van der Waals surface area contributed by atoms with Gasteiger partial charge >= 0.3 is 0 Å². The quantitative estimate of drug-likeness (QED) is 0.609. The van der Waals surface area contributed by atoms with Crippen LogP contribution in [0.4, 0.5) is 5.69 Å². The summed E-state index contributed by atoms with van der Waals surface area (Å²) in [5.41, 5.74) is 4.58. The zero-order valence-electron chi connectivity index (χ0n) is 9.10. The summed E-state index contributed by atoms with van der Waals surface area (Å²) in [6, 6.07) is 15.4. The van der Waals surface area contributed by atoms with Crippen molar-refractivity contribution >= 4 is 5.69 Å². The molecule has 0 unspecified atom stereocenters. The van der Waals surface area contributed by atoms with E-state index in [-0.39, 0.29) is 0 Å². The van der Waals surface area contributed by atoms with E-state index in [1.807, 2.05) is 55.5 Å². The molecule has 0 heterocycles. The van der Waals surface area contributed by atoms with Crippen molar-refractivity contribution in [2.75, 3.05) is 5.43 Å². The van der Waals surface area contributed by atoms with Gasteiger partial charge in [0.1, 0.15) is 5.75 Å². The lowest BCUT2D eigenvalue weighted by Crippen LogP contribution is -2.07. The summed E-state index contributed by atoms with van der Waals surface area (Å²) in [4.78, 5) is 0. The summed E-state index contributed by atoms with van der Waals surface area (Å²) in [7, 11) is 0. The Morgan fingerprint density at radius 3 is 2.38 bits per heavy atom. The number of para-hydroxylation sites is 2. The number of nitrogens with two attached hydrogens (primary N) is 1. The average Bonchev–Trinajstić information content (AvgIpc) is 2.33. The number of ether oxygens (including phenoxy) is 1. The highest BCUT2D eigenvalue weighted by molar-refractivity contribution is 5.56. The van der Waals surface area contributed by atoms with Crippen molar-refractivity contribution in [3.8, 4) is 11.5 Å². The van der Waals surface area contributed by atoms with Crippen LogP contribution in [0.5, 0.6) is 11.5 Å². The largest absolute Gasteiger partial charge is 0.455 e. The Morgan fingerprint density at radius 1 is 1.00 bits per heavy atom. The highest BCUT2D eigenvalue weighted by Crippen LogP contribution is 2.28. The van der Waals surface area contributed by atoms with E-state index in [9.17, 15) is 0 Å². The summed E-state index contributed by atoms with van der Waals surface area (Å²) in [5, 5.41) is 0. The van der Waals surface area contributed by atoms with E-state index >= 15 is 0 Å². The Bertz CT molecular complexity index is 466. The second kappa shape index (κ2) is 4.68. The van der Waals surface area contributed by atoms with Crippen LogP contribution in [0.3, 0.4) is 0 Å². The first kappa shape index (κ1) is 10.5. The Hall–Kier alpha value is -2.00. The molecular formula is C13H14N2O. The third-order valence-corrected chi connectivity index (χ3v) is 2.29. The van der Waals surface area contributed by atoms with Gasteiger partial charge in [-0.25, -0.2) is 0 Å². The topological polar surface area (TPSA) is 47.3 Å². The minimum atomic E-state index is 0.717. The van der Waals surface area contributed by atoms with Crippen molar-refractivity contribution < 1.29 is 4.74 Å². The molecule has 3 heteroatoms. The van der Waals surface area contributed by atoms with Gasteiger partial charge in [-0.1, -0.05) is 29.8 Å². The first-order valence-electron chi connectivity index (χ1n) is 5.10. The van der Waals surface area contributed by atoms with E-state index in [4.69, 9.17) is 10.6 Å². The highest BCUT2D eigenvalue weighted by Gasteiger charge is 2.01. The van der Waals surface area contributed by atoms with Gasteiger partial charge < -0.3 is 10.2 Å². The summed E-state index contributed by atoms with van der Waals surface area (Å²) in [6.45, 7) is 2.04. The minimum absolute atomic E-state index is 0.717. The predicted octanol–water partition coefficient (Wildman–Crippen LogP) is 3.07. The van der Waals surface area contributed by atoms with Crippen LogP contribution in [0.15, 0.2) is 48.5 Å². The van der Waals surface area contributed by atoms with Gasteiger partial charge in [0.15, 0.2) is 5.75 Å². The van der Waals surface area contributed by atoms with Crippen molar-refractivity contribution in [1.29, 1.82) is 0 Å². The van der Waals surface area contributed by atoms with E-state index in [0.717, 1.165) is 11.4 Å². The molecular weight excluding hydrogens is 200 g/mol. The van der Waals surface area contributed by atoms with Gasteiger partial charge in [-0.05, 0) is 31.2 Å². The molecule has 0 aliphatic carbocycles. The first-order valence-corrected chi connectivity index (χ1v) is 5.10. The maximum Gasteiger partial charge on any atom is 0.151 e. The predicted molar refractivity (Wildman–Crippen MR) is 65.5 cm³/mol. The van der Waals surface area contributed by atoms with Crippen molar-refractivity contribution in [2.24, 2.45) is 5.84 Å². The Morgan fingerprint density at radius 2 is 1.69 bits per heavy atom. The molecule has 0 spiro atoms. The van der Waals surface area contributed by atoms with Gasteiger partial charge in [-0.2, -0.15) is 0 Å². The monoisotopic (exact) mass is 214 g/mol. The van der Waals surface area contributed by atoms with E-state index < -0.39 is 0 Å². The molecule has 0 amide bonds. The van der Waals surface area contributed by atoms with Crippen LogP contribution in [0.25, 0.3) is 0 Å².